The molecule has 2 aromatic carbocycles. The predicted octanol–water partition coefficient (Wildman–Crippen LogP) is 4.58. The first kappa shape index (κ1) is 14.7. The lowest BCUT2D eigenvalue weighted by molar-refractivity contribution is 0.556. The van der Waals surface area contributed by atoms with E-state index in [0.717, 1.165) is 27.8 Å². The third-order valence-corrected chi connectivity index (χ3v) is 5.19. The van der Waals surface area contributed by atoms with Crippen molar-refractivity contribution in [3.05, 3.63) is 66.3 Å². The molecule has 0 bridgehead atoms. The highest BCUT2D eigenvalue weighted by atomic mass is 32.2. The molecule has 6 heteroatoms. The van der Waals surface area contributed by atoms with E-state index in [0.29, 0.717) is 17.6 Å². The van der Waals surface area contributed by atoms with E-state index >= 15 is 0 Å². The number of hydrogen-bond acceptors (Lipinski definition) is 5. The first-order chi connectivity index (χ1) is 12.4. The summed E-state index contributed by atoms with van der Waals surface area (Å²) in [6.45, 7) is 0. The molecule has 0 spiro atoms. The van der Waals surface area contributed by atoms with Crippen molar-refractivity contribution < 1.29 is 4.42 Å². The summed E-state index contributed by atoms with van der Waals surface area (Å²) in [7, 11) is 0. The van der Waals surface area contributed by atoms with Crippen LogP contribution >= 0.6 is 11.8 Å². The van der Waals surface area contributed by atoms with Crippen molar-refractivity contribution >= 4 is 22.9 Å². The average Bonchev–Trinajstić information content (AvgIpc) is 3.28. The Labute approximate surface area is 149 Å². The van der Waals surface area contributed by atoms with Crippen LogP contribution in [0.15, 0.2) is 64.2 Å². The highest BCUT2D eigenvalue weighted by molar-refractivity contribution is 7.98. The Bertz CT molecular complexity index is 987. The summed E-state index contributed by atoms with van der Waals surface area (Å²) in [6, 6.07) is 18.1. The Morgan fingerprint density at radius 2 is 1.80 bits per heavy atom. The van der Waals surface area contributed by atoms with E-state index in [1.54, 1.807) is 11.8 Å². The van der Waals surface area contributed by atoms with E-state index in [-0.39, 0.29) is 0 Å². The quantitative estimate of drug-likeness (QED) is 0.494. The van der Waals surface area contributed by atoms with Gasteiger partial charge in [-0.05, 0) is 37.1 Å². The van der Waals surface area contributed by atoms with Crippen LogP contribution in [0.25, 0.3) is 16.8 Å². The molecule has 4 aromatic rings. The van der Waals surface area contributed by atoms with Gasteiger partial charge in [0.1, 0.15) is 11.3 Å². The Morgan fingerprint density at radius 3 is 2.60 bits per heavy atom. The summed E-state index contributed by atoms with van der Waals surface area (Å²) in [4.78, 5) is 4.54. The zero-order chi connectivity index (χ0) is 16.6. The lowest BCUT2D eigenvalue weighted by atomic mass is 10.3. The van der Waals surface area contributed by atoms with Gasteiger partial charge in [0.05, 0.1) is 5.75 Å². The van der Waals surface area contributed by atoms with Gasteiger partial charge in [0.25, 0.3) is 0 Å². The minimum Gasteiger partial charge on any atom is -0.440 e. The third kappa shape index (κ3) is 2.82. The van der Waals surface area contributed by atoms with Gasteiger partial charge < -0.3 is 4.42 Å². The van der Waals surface area contributed by atoms with E-state index in [9.17, 15) is 0 Å². The third-order valence-electron chi connectivity index (χ3n) is 4.28. The zero-order valence-corrected chi connectivity index (χ0v) is 14.3. The maximum Gasteiger partial charge on any atom is 0.205 e. The van der Waals surface area contributed by atoms with Gasteiger partial charge in [0.15, 0.2) is 10.7 Å². The normalized spacial score (nSPS) is 14.2. The molecule has 1 aliphatic rings. The molecule has 0 N–H and O–H groups in total. The average molecular weight is 348 g/mol. The number of nitrogens with zero attached hydrogens (tertiary/aromatic N) is 4. The van der Waals surface area contributed by atoms with Crippen molar-refractivity contribution in [2.75, 3.05) is 0 Å². The summed E-state index contributed by atoms with van der Waals surface area (Å²) in [5.41, 5.74) is 2.82. The van der Waals surface area contributed by atoms with Crippen LogP contribution in [-0.2, 0) is 5.75 Å². The van der Waals surface area contributed by atoms with Gasteiger partial charge in [0.2, 0.25) is 5.89 Å². The second-order valence-corrected chi connectivity index (χ2v) is 7.09. The van der Waals surface area contributed by atoms with Gasteiger partial charge in [-0.15, -0.1) is 10.2 Å². The van der Waals surface area contributed by atoms with E-state index in [2.05, 4.69) is 31.9 Å². The number of para-hydroxylation sites is 3. The van der Waals surface area contributed by atoms with E-state index in [4.69, 9.17) is 4.42 Å². The molecule has 0 radical (unpaired) electrons. The number of thioether (sulfide) groups is 1. The van der Waals surface area contributed by atoms with Gasteiger partial charge in [-0.3, -0.25) is 4.57 Å². The Morgan fingerprint density at radius 1 is 1.00 bits per heavy atom. The van der Waals surface area contributed by atoms with Crippen LogP contribution in [-0.4, -0.2) is 19.7 Å². The minimum atomic E-state index is 0.534. The van der Waals surface area contributed by atoms with Crippen molar-refractivity contribution in [1.29, 1.82) is 0 Å². The summed E-state index contributed by atoms with van der Waals surface area (Å²) >= 11 is 1.61. The van der Waals surface area contributed by atoms with Crippen molar-refractivity contribution in [1.82, 2.24) is 19.7 Å². The largest absolute Gasteiger partial charge is 0.440 e. The van der Waals surface area contributed by atoms with Crippen LogP contribution in [0.5, 0.6) is 0 Å². The Hall–Kier alpha value is -2.60. The van der Waals surface area contributed by atoms with Crippen LogP contribution in [0, 0.1) is 0 Å². The lowest BCUT2D eigenvalue weighted by Crippen LogP contribution is -2.01. The summed E-state index contributed by atoms with van der Waals surface area (Å²) in [5, 5.41) is 9.76. The summed E-state index contributed by atoms with van der Waals surface area (Å²) in [6.07, 6.45) is 2.39. The number of hydrogen-bond donors (Lipinski definition) is 0. The van der Waals surface area contributed by atoms with Gasteiger partial charge in [-0.1, -0.05) is 42.1 Å². The molecular formula is C19H16N4OS. The molecule has 0 amide bonds. The molecule has 0 saturated heterocycles. The van der Waals surface area contributed by atoms with Gasteiger partial charge in [-0.25, -0.2) is 4.98 Å². The molecular weight excluding hydrogens is 332 g/mol. The van der Waals surface area contributed by atoms with Crippen molar-refractivity contribution in [2.24, 2.45) is 0 Å². The van der Waals surface area contributed by atoms with Crippen molar-refractivity contribution in [2.45, 2.75) is 29.7 Å². The van der Waals surface area contributed by atoms with Crippen LogP contribution in [0.4, 0.5) is 0 Å². The molecule has 124 valence electrons. The molecule has 5 nitrogen and oxygen atoms in total. The Kier molecular flexibility index (Phi) is 3.56. The van der Waals surface area contributed by atoms with E-state index in [1.807, 2.05) is 42.5 Å². The highest BCUT2D eigenvalue weighted by Gasteiger charge is 2.31. The SMILES string of the molecule is c1ccc(-n2c(SCc3nc4ccccc4o3)nnc2C2CC2)cc1. The smallest absolute Gasteiger partial charge is 0.205 e. The van der Waals surface area contributed by atoms with E-state index in [1.165, 1.54) is 12.8 Å². The molecule has 0 unspecified atom stereocenters. The summed E-state index contributed by atoms with van der Waals surface area (Å²) < 4.78 is 7.98. The first-order valence-corrected chi connectivity index (χ1v) is 9.35. The molecule has 0 aliphatic heterocycles. The van der Waals surface area contributed by atoms with Crippen LogP contribution < -0.4 is 0 Å². The maximum atomic E-state index is 5.81. The van der Waals surface area contributed by atoms with Crippen molar-refractivity contribution in [3.8, 4) is 5.69 Å². The fraction of sp³-hybridized carbons (Fsp3) is 0.211. The second-order valence-electron chi connectivity index (χ2n) is 6.15. The highest BCUT2D eigenvalue weighted by Crippen LogP contribution is 2.41. The van der Waals surface area contributed by atoms with Crippen LogP contribution in [0.2, 0.25) is 0 Å². The van der Waals surface area contributed by atoms with Gasteiger partial charge in [0, 0.05) is 11.6 Å². The topological polar surface area (TPSA) is 56.7 Å². The van der Waals surface area contributed by atoms with Gasteiger partial charge in [-0.2, -0.15) is 0 Å². The minimum absolute atomic E-state index is 0.534. The summed E-state index contributed by atoms with van der Waals surface area (Å²) in [5.74, 6) is 2.93. The number of oxazole rings is 1. The maximum absolute atomic E-state index is 5.81. The monoisotopic (exact) mass is 348 g/mol. The number of aromatic nitrogens is 4. The molecule has 1 fully saturated rings. The molecule has 1 saturated carbocycles. The van der Waals surface area contributed by atoms with Crippen molar-refractivity contribution in [3.63, 3.8) is 0 Å². The fourth-order valence-corrected chi connectivity index (χ4v) is 3.71. The van der Waals surface area contributed by atoms with Gasteiger partial charge >= 0.3 is 0 Å². The predicted molar refractivity (Wildman–Crippen MR) is 96.9 cm³/mol. The standard InChI is InChI=1S/C19H16N4OS/c1-2-6-14(7-3-1)23-18(13-10-11-13)21-22-19(23)25-12-17-20-15-8-4-5-9-16(15)24-17/h1-9,13H,10-12H2. The first-order valence-electron chi connectivity index (χ1n) is 8.36. The zero-order valence-electron chi connectivity index (χ0n) is 13.5. The molecule has 2 heterocycles. The van der Waals surface area contributed by atoms with Crippen LogP contribution in [0.1, 0.15) is 30.5 Å². The molecule has 0 atom stereocenters. The number of rotatable bonds is 5. The Balaban J connectivity index is 1.45. The van der Waals surface area contributed by atoms with Crippen LogP contribution in [0.3, 0.4) is 0 Å². The lowest BCUT2D eigenvalue weighted by Gasteiger charge is -2.09. The van der Waals surface area contributed by atoms with E-state index < -0.39 is 0 Å². The molecule has 2 aromatic heterocycles. The number of fused-ring (bicyclic) bond motifs is 1. The molecule has 25 heavy (non-hydrogen) atoms. The fourth-order valence-electron chi connectivity index (χ4n) is 2.91. The molecule has 5 rings (SSSR count). The molecule has 1 aliphatic carbocycles. The second kappa shape index (κ2) is 6.04. The number of benzene rings is 2.